The minimum Gasteiger partial charge on any atom is -0.490 e. The van der Waals surface area contributed by atoms with Crippen molar-refractivity contribution in [1.29, 1.82) is 0 Å². The largest absolute Gasteiger partial charge is 0.490 e. The zero-order valence-corrected chi connectivity index (χ0v) is 18.9. The topological polar surface area (TPSA) is 74.8 Å². The summed E-state index contributed by atoms with van der Waals surface area (Å²) in [5, 5.41) is 3.03. The molecule has 1 aromatic carbocycles. The van der Waals surface area contributed by atoms with Crippen molar-refractivity contribution in [2.45, 2.75) is 39.2 Å². The number of carbonyl (C=O) groups is 2. The first-order chi connectivity index (χ1) is 15.5. The summed E-state index contributed by atoms with van der Waals surface area (Å²) in [5.74, 6) is 1.06. The number of aromatic nitrogens is 1. The van der Waals surface area contributed by atoms with E-state index in [-0.39, 0.29) is 29.8 Å². The number of amides is 2. The summed E-state index contributed by atoms with van der Waals surface area (Å²) in [4.78, 5) is 33.1. The molecular weight excluding hydrogens is 404 g/mol. The van der Waals surface area contributed by atoms with Gasteiger partial charge in [-0.2, -0.15) is 0 Å². The summed E-state index contributed by atoms with van der Waals surface area (Å²) in [6.45, 7) is 6.93. The Hall–Kier alpha value is -3.09. The monoisotopic (exact) mass is 436 g/mol. The van der Waals surface area contributed by atoms with Crippen LogP contribution in [0.5, 0.6) is 5.75 Å². The molecule has 0 saturated carbocycles. The molecule has 1 atom stereocenters. The number of piperidine rings is 1. The van der Waals surface area contributed by atoms with E-state index >= 15 is 0 Å². The second kappa shape index (κ2) is 10.0. The van der Waals surface area contributed by atoms with Crippen molar-refractivity contribution in [3.8, 4) is 5.75 Å². The van der Waals surface area contributed by atoms with Gasteiger partial charge in [-0.15, -0.1) is 0 Å². The molecule has 7 nitrogen and oxygen atoms in total. The van der Waals surface area contributed by atoms with Crippen LogP contribution in [0.25, 0.3) is 0 Å². The summed E-state index contributed by atoms with van der Waals surface area (Å²) in [6.07, 6.45) is 6.22. The van der Waals surface area contributed by atoms with Crippen LogP contribution < -0.4 is 15.0 Å². The van der Waals surface area contributed by atoms with Gasteiger partial charge < -0.3 is 19.9 Å². The molecule has 2 aromatic rings. The van der Waals surface area contributed by atoms with Crippen LogP contribution in [0.3, 0.4) is 0 Å². The summed E-state index contributed by atoms with van der Waals surface area (Å²) in [6, 6.07) is 11.5. The van der Waals surface area contributed by atoms with E-state index in [0.717, 1.165) is 56.0 Å². The van der Waals surface area contributed by atoms with Crippen molar-refractivity contribution in [3.63, 3.8) is 0 Å². The number of pyridine rings is 1. The number of ether oxygens (including phenoxy) is 1. The quantitative estimate of drug-likeness (QED) is 0.749. The first kappa shape index (κ1) is 22.1. The van der Waals surface area contributed by atoms with Crippen LogP contribution in [-0.4, -0.2) is 54.0 Å². The van der Waals surface area contributed by atoms with Crippen molar-refractivity contribution in [2.75, 3.05) is 36.4 Å². The summed E-state index contributed by atoms with van der Waals surface area (Å²) >= 11 is 0. The van der Waals surface area contributed by atoms with Crippen molar-refractivity contribution in [3.05, 3.63) is 48.8 Å². The maximum absolute atomic E-state index is 12.7. The minimum absolute atomic E-state index is 0.0372. The Kier molecular flexibility index (Phi) is 6.93. The van der Waals surface area contributed by atoms with Crippen LogP contribution in [0.2, 0.25) is 0 Å². The Balaban J connectivity index is 1.24. The molecule has 3 heterocycles. The SMILES string of the molecule is CC(C)C(=O)N1CCC(Oc2ccc(NC(=O)C3CCN(c4cccnc4)C3)cc2)CC1. The van der Waals surface area contributed by atoms with Crippen LogP contribution in [0.4, 0.5) is 11.4 Å². The number of nitrogens with one attached hydrogen (secondary N) is 1. The van der Waals surface area contributed by atoms with Gasteiger partial charge in [0.25, 0.3) is 0 Å². The first-order valence-electron chi connectivity index (χ1n) is 11.5. The zero-order chi connectivity index (χ0) is 22.5. The third-order valence-corrected chi connectivity index (χ3v) is 6.24. The molecule has 0 spiro atoms. The smallest absolute Gasteiger partial charge is 0.229 e. The van der Waals surface area contributed by atoms with Gasteiger partial charge in [-0.05, 0) is 42.8 Å². The van der Waals surface area contributed by atoms with Gasteiger partial charge >= 0.3 is 0 Å². The van der Waals surface area contributed by atoms with Gasteiger partial charge in [0.15, 0.2) is 0 Å². The molecule has 1 aromatic heterocycles. The Morgan fingerprint density at radius 2 is 1.81 bits per heavy atom. The third-order valence-electron chi connectivity index (χ3n) is 6.24. The molecule has 7 heteroatoms. The second-order valence-corrected chi connectivity index (χ2v) is 8.95. The Labute approximate surface area is 189 Å². The predicted molar refractivity (Wildman–Crippen MR) is 125 cm³/mol. The molecule has 170 valence electrons. The van der Waals surface area contributed by atoms with E-state index in [2.05, 4.69) is 15.2 Å². The van der Waals surface area contributed by atoms with E-state index in [9.17, 15) is 9.59 Å². The molecule has 2 saturated heterocycles. The van der Waals surface area contributed by atoms with Gasteiger partial charge in [0.1, 0.15) is 11.9 Å². The lowest BCUT2D eigenvalue weighted by atomic mass is 10.1. The highest BCUT2D eigenvalue weighted by Gasteiger charge is 2.29. The van der Waals surface area contributed by atoms with Crippen LogP contribution in [0.15, 0.2) is 48.8 Å². The average Bonchev–Trinajstić information content (AvgIpc) is 3.31. The molecule has 32 heavy (non-hydrogen) atoms. The lowest BCUT2D eigenvalue weighted by molar-refractivity contribution is -0.136. The molecule has 4 rings (SSSR count). The van der Waals surface area contributed by atoms with Crippen molar-refractivity contribution < 1.29 is 14.3 Å². The molecule has 2 amide bonds. The molecule has 2 aliphatic heterocycles. The predicted octanol–water partition coefficient (Wildman–Crippen LogP) is 3.57. The number of anilines is 2. The highest BCUT2D eigenvalue weighted by atomic mass is 16.5. The van der Waals surface area contributed by atoms with E-state index < -0.39 is 0 Å². The van der Waals surface area contributed by atoms with Crippen LogP contribution >= 0.6 is 0 Å². The first-order valence-corrected chi connectivity index (χ1v) is 11.5. The van der Waals surface area contributed by atoms with Crippen LogP contribution in [0, 0.1) is 11.8 Å². The number of benzene rings is 1. The van der Waals surface area contributed by atoms with Gasteiger partial charge in [-0.1, -0.05) is 13.8 Å². The fraction of sp³-hybridized carbons (Fsp3) is 0.480. The minimum atomic E-state index is -0.0372. The van der Waals surface area contributed by atoms with Gasteiger partial charge in [0.05, 0.1) is 17.8 Å². The van der Waals surface area contributed by atoms with Crippen LogP contribution in [-0.2, 0) is 9.59 Å². The average molecular weight is 437 g/mol. The lowest BCUT2D eigenvalue weighted by Crippen LogP contribution is -2.43. The van der Waals surface area contributed by atoms with E-state index in [0.29, 0.717) is 6.54 Å². The molecule has 1 unspecified atom stereocenters. The number of nitrogens with zero attached hydrogens (tertiary/aromatic N) is 3. The third kappa shape index (κ3) is 5.39. The molecule has 0 bridgehead atoms. The summed E-state index contributed by atoms with van der Waals surface area (Å²) in [7, 11) is 0. The van der Waals surface area contributed by atoms with Gasteiger partial charge in [-0.25, -0.2) is 0 Å². The van der Waals surface area contributed by atoms with E-state index in [1.807, 2.05) is 61.3 Å². The van der Waals surface area contributed by atoms with Crippen molar-refractivity contribution in [2.24, 2.45) is 11.8 Å². The number of rotatable bonds is 6. The van der Waals surface area contributed by atoms with Crippen LogP contribution in [0.1, 0.15) is 33.1 Å². The maximum atomic E-state index is 12.7. The molecule has 0 radical (unpaired) electrons. The number of likely N-dealkylation sites (tertiary alicyclic amines) is 1. The standard InChI is InChI=1S/C25H32N4O3/c1-18(2)25(31)28-14-10-23(11-15-28)32-22-7-5-20(6-8-22)27-24(30)19-9-13-29(17-19)21-4-3-12-26-16-21/h3-8,12,16,18-19,23H,9-11,13-15,17H2,1-2H3,(H,27,30). The second-order valence-electron chi connectivity index (χ2n) is 8.95. The molecule has 2 aliphatic rings. The number of hydrogen-bond donors (Lipinski definition) is 1. The lowest BCUT2D eigenvalue weighted by Gasteiger charge is -2.33. The van der Waals surface area contributed by atoms with Gasteiger partial charge in [0.2, 0.25) is 11.8 Å². The molecule has 1 N–H and O–H groups in total. The van der Waals surface area contributed by atoms with Gasteiger partial charge in [-0.3, -0.25) is 14.6 Å². The fourth-order valence-electron chi connectivity index (χ4n) is 4.36. The zero-order valence-electron chi connectivity index (χ0n) is 18.9. The van der Waals surface area contributed by atoms with E-state index in [1.54, 1.807) is 6.20 Å². The van der Waals surface area contributed by atoms with Crippen molar-refractivity contribution >= 4 is 23.2 Å². The number of carbonyl (C=O) groups excluding carboxylic acids is 2. The Morgan fingerprint density at radius 3 is 2.47 bits per heavy atom. The van der Waals surface area contributed by atoms with E-state index in [1.165, 1.54) is 0 Å². The normalized spacial score (nSPS) is 19.3. The highest BCUT2D eigenvalue weighted by molar-refractivity contribution is 5.93. The molecule has 2 fully saturated rings. The highest BCUT2D eigenvalue weighted by Crippen LogP contribution is 2.25. The Morgan fingerprint density at radius 1 is 1.06 bits per heavy atom. The summed E-state index contributed by atoms with van der Waals surface area (Å²) < 4.78 is 6.10. The Bertz CT molecular complexity index is 909. The van der Waals surface area contributed by atoms with E-state index in [4.69, 9.17) is 4.74 Å². The summed E-state index contributed by atoms with van der Waals surface area (Å²) in [5.41, 5.74) is 1.84. The number of hydrogen-bond acceptors (Lipinski definition) is 5. The van der Waals surface area contributed by atoms with Gasteiger partial charge in [0, 0.05) is 56.8 Å². The van der Waals surface area contributed by atoms with Crippen molar-refractivity contribution in [1.82, 2.24) is 9.88 Å². The maximum Gasteiger partial charge on any atom is 0.229 e. The molecular formula is C25H32N4O3. The molecule has 0 aliphatic carbocycles. The fourth-order valence-corrected chi connectivity index (χ4v) is 4.36.